The molecule has 1 aromatic heterocycles. The number of nitrogens with one attached hydrogen (secondary N) is 1. The molecule has 0 fully saturated rings. The van der Waals surface area contributed by atoms with E-state index in [9.17, 15) is 0 Å². The Hall–Kier alpha value is -4.17. The van der Waals surface area contributed by atoms with Gasteiger partial charge in [-0.2, -0.15) is 0 Å². The first kappa shape index (κ1) is 22.1. The lowest BCUT2D eigenvalue weighted by molar-refractivity contribution is 0.874. The summed E-state index contributed by atoms with van der Waals surface area (Å²) in [5.41, 5.74) is 15.3. The third kappa shape index (κ3) is 4.13. The van der Waals surface area contributed by atoms with Crippen molar-refractivity contribution in [2.75, 3.05) is 0 Å². The highest BCUT2D eigenvalue weighted by molar-refractivity contribution is 5.87. The van der Waals surface area contributed by atoms with Gasteiger partial charge in [0, 0.05) is 29.0 Å². The minimum atomic E-state index is 1.06. The summed E-state index contributed by atoms with van der Waals surface area (Å²) in [6, 6.07) is 22.1. The molecule has 0 radical (unpaired) electrons. The topological polar surface area (TPSA) is 24.9 Å². The second-order valence-electron chi connectivity index (χ2n) is 10.3. The molecule has 2 aliphatic heterocycles. The smallest absolute Gasteiger partial charge is 0.0702 e. The predicted octanol–water partition coefficient (Wildman–Crippen LogP) is 8.33. The molecule has 180 valence electrons. The van der Waals surface area contributed by atoms with Gasteiger partial charge in [0.1, 0.15) is 0 Å². The molecule has 0 saturated carbocycles. The minimum Gasteiger partial charge on any atom is -0.365 e. The van der Waals surface area contributed by atoms with Gasteiger partial charge in [-0.3, -0.25) is 4.98 Å². The van der Waals surface area contributed by atoms with Crippen molar-refractivity contribution in [2.45, 2.75) is 38.5 Å². The largest absolute Gasteiger partial charge is 0.365 e. The van der Waals surface area contributed by atoms with Crippen LogP contribution in [-0.4, -0.2) is 4.98 Å². The van der Waals surface area contributed by atoms with E-state index >= 15 is 0 Å². The van der Waals surface area contributed by atoms with Crippen LogP contribution in [0.1, 0.15) is 41.5 Å². The van der Waals surface area contributed by atoms with E-state index in [0.29, 0.717) is 0 Å². The number of rotatable bonds is 1. The number of hydrogen-bond acceptors (Lipinski definition) is 2. The molecule has 2 nitrogen and oxygen atoms in total. The van der Waals surface area contributed by atoms with Crippen molar-refractivity contribution in [1.29, 1.82) is 0 Å². The van der Waals surface area contributed by atoms with Gasteiger partial charge >= 0.3 is 0 Å². The van der Waals surface area contributed by atoms with Crippen LogP contribution in [0.3, 0.4) is 0 Å². The summed E-state index contributed by atoms with van der Waals surface area (Å²) in [7, 11) is 0. The first-order valence-electron chi connectivity index (χ1n) is 13.4. The second-order valence-corrected chi connectivity index (χ2v) is 10.3. The van der Waals surface area contributed by atoms with Gasteiger partial charge in [-0.1, -0.05) is 66.8 Å². The molecular weight excluding hydrogens is 448 g/mol. The maximum Gasteiger partial charge on any atom is 0.0702 e. The fourth-order valence-corrected chi connectivity index (χ4v) is 6.15. The zero-order chi connectivity index (χ0) is 24.6. The van der Waals surface area contributed by atoms with Crippen molar-refractivity contribution in [3.8, 4) is 22.3 Å². The molecule has 3 aromatic carbocycles. The lowest BCUT2D eigenvalue weighted by Gasteiger charge is -2.27. The van der Waals surface area contributed by atoms with Crippen LogP contribution in [0.4, 0.5) is 0 Å². The van der Waals surface area contributed by atoms with Crippen LogP contribution in [-0.2, 0) is 19.3 Å². The molecule has 4 aromatic rings. The van der Waals surface area contributed by atoms with Crippen LogP contribution >= 0.6 is 0 Å². The highest BCUT2D eigenvalue weighted by Gasteiger charge is 2.23. The molecule has 1 N–H and O–H groups in total. The maximum absolute atomic E-state index is 4.70. The molecule has 5 aliphatic rings. The number of pyridine rings is 1. The Morgan fingerprint density at radius 2 is 1.57 bits per heavy atom. The monoisotopic (exact) mass is 478 g/mol. The molecule has 0 unspecified atom stereocenters. The lowest BCUT2D eigenvalue weighted by atomic mass is 9.78. The van der Waals surface area contributed by atoms with Gasteiger partial charge < -0.3 is 5.32 Å². The van der Waals surface area contributed by atoms with E-state index in [1.165, 1.54) is 75.7 Å². The van der Waals surface area contributed by atoms with Gasteiger partial charge in [0.15, 0.2) is 0 Å². The quantitative estimate of drug-likeness (QED) is 0.297. The number of para-hydroxylation sites is 1. The van der Waals surface area contributed by atoms with Gasteiger partial charge in [0.05, 0.1) is 5.52 Å². The van der Waals surface area contributed by atoms with E-state index in [4.69, 9.17) is 4.98 Å². The summed E-state index contributed by atoms with van der Waals surface area (Å²) >= 11 is 0. The van der Waals surface area contributed by atoms with Crippen LogP contribution in [0.5, 0.6) is 0 Å². The standard InChI is InChI=1S/C27H21N.C8H9N/c1-3-8-21-18(6-1)12-13-26-23-10-5-9-22(25(23)15-14-24(21)26)20-16-19-7-2-4-11-27(19)28-17-20;1-3-8-4-2-7(1)5-6-9-8/h1-2,4-7,9-13,16-17H,3,8,14-15H2;1,3,5-6,9H,2,4H2. The Balaban J connectivity index is 0.000000216. The Morgan fingerprint density at radius 1 is 0.676 bits per heavy atom. The Kier molecular flexibility index (Phi) is 5.59. The number of hydrogen-bond donors (Lipinski definition) is 1. The van der Waals surface area contributed by atoms with Crippen LogP contribution in [0.15, 0.2) is 109 Å². The second kappa shape index (κ2) is 9.37. The Bertz CT molecular complexity index is 1650. The summed E-state index contributed by atoms with van der Waals surface area (Å²) in [6.07, 6.45) is 22.1. The number of nitrogens with zero attached hydrogens (tertiary/aromatic N) is 1. The minimum absolute atomic E-state index is 1.06. The summed E-state index contributed by atoms with van der Waals surface area (Å²) in [4.78, 5) is 4.70. The van der Waals surface area contributed by atoms with Gasteiger partial charge in [-0.05, 0) is 107 Å². The maximum atomic E-state index is 4.70. The fourth-order valence-electron chi connectivity index (χ4n) is 6.15. The van der Waals surface area contributed by atoms with E-state index in [1.54, 1.807) is 11.1 Å². The van der Waals surface area contributed by atoms with Crippen LogP contribution in [0.2, 0.25) is 0 Å². The molecule has 3 aliphatic carbocycles. The van der Waals surface area contributed by atoms with Crippen molar-refractivity contribution in [2.24, 2.45) is 0 Å². The highest BCUT2D eigenvalue weighted by Crippen LogP contribution is 2.42. The highest BCUT2D eigenvalue weighted by atomic mass is 14.9. The zero-order valence-electron chi connectivity index (χ0n) is 21.0. The van der Waals surface area contributed by atoms with Gasteiger partial charge in [-0.15, -0.1) is 0 Å². The van der Waals surface area contributed by atoms with Crippen LogP contribution < -0.4 is 5.32 Å². The average molecular weight is 479 g/mol. The van der Waals surface area contributed by atoms with Gasteiger partial charge in [-0.25, -0.2) is 0 Å². The normalized spacial score (nSPS) is 16.3. The van der Waals surface area contributed by atoms with Crippen LogP contribution in [0, 0.1) is 0 Å². The molecule has 9 rings (SSSR count). The summed E-state index contributed by atoms with van der Waals surface area (Å²) in [5.74, 6) is 0. The molecule has 3 heterocycles. The zero-order valence-corrected chi connectivity index (χ0v) is 21.0. The summed E-state index contributed by atoms with van der Waals surface area (Å²) < 4.78 is 0. The SMILES string of the molecule is C1=CC2=CC=C(CC2)N1.C1=Cc2ccc3c(c2CC1)CCc1c(-c2cnc4ccccc4c2)cccc1-3. The molecule has 0 saturated heterocycles. The molecule has 0 spiro atoms. The molecular formula is C35H30N2. The molecule has 0 amide bonds. The lowest BCUT2D eigenvalue weighted by Crippen LogP contribution is -2.10. The number of benzene rings is 3. The average Bonchev–Trinajstić information content (AvgIpc) is 3.35. The number of allylic oxidation sites excluding steroid dienone is 6. The molecule has 2 bridgehead atoms. The Morgan fingerprint density at radius 3 is 2.51 bits per heavy atom. The first-order valence-corrected chi connectivity index (χ1v) is 13.4. The van der Waals surface area contributed by atoms with Gasteiger partial charge in [0.25, 0.3) is 0 Å². The van der Waals surface area contributed by atoms with Gasteiger partial charge in [0.2, 0.25) is 0 Å². The van der Waals surface area contributed by atoms with Crippen molar-refractivity contribution in [3.63, 3.8) is 0 Å². The molecule has 37 heavy (non-hydrogen) atoms. The summed E-state index contributed by atoms with van der Waals surface area (Å²) in [5, 5.41) is 4.40. The summed E-state index contributed by atoms with van der Waals surface area (Å²) in [6.45, 7) is 0. The Labute approximate surface area is 218 Å². The van der Waals surface area contributed by atoms with E-state index in [1.807, 2.05) is 18.5 Å². The van der Waals surface area contributed by atoms with E-state index < -0.39 is 0 Å². The van der Waals surface area contributed by atoms with Crippen molar-refractivity contribution in [1.82, 2.24) is 10.3 Å². The van der Waals surface area contributed by atoms with E-state index in [0.717, 1.165) is 18.4 Å². The van der Waals surface area contributed by atoms with E-state index in [-0.39, 0.29) is 0 Å². The predicted molar refractivity (Wildman–Crippen MR) is 155 cm³/mol. The number of fused-ring (bicyclic) bond motifs is 9. The third-order valence-corrected chi connectivity index (χ3v) is 8.07. The van der Waals surface area contributed by atoms with Crippen molar-refractivity contribution < 1.29 is 0 Å². The van der Waals surface area contributed by atoms with Crippen LogP contribution in [0.25, 0.3) is 39.2 Å². The fraction of sp³-hybridized carbons (Fsp3) is 0.171. The molecule has 2 heteroatoms. The number of aromatic nitrogens is 1. The third-order valence-electron chi connectivity index (χ3n) is 8.07. The van der Waals surface area contributed by atoms with Crippen molar-refractivity contribution >= 4 is 17.0 Å². The van der Waals surface area contributed by atoms with E-state index in [2.05, 4.69) is 90.3 Å². The molecule has 0 atom stereocenters. The van der Waals surface area contributed by atoms with Crippen molar-refractivity contribution in [3.05, 3.63) is 131 Å². The first-order chi connectivity index (χ1) is 18.3.